The van der Waals surface area contributed by atoms with Crippen molar-refractivity contribution in [3.63, 3.8) is 0 Å². The van der Waals surface area contributed by atoms with Gasteiger partial charge in [0.1, 0.15) is 0 Å². The van der Waals surface area contributed by atoms with Crippen molar-refractivity contribution in [1.82, 2.24) is 0 Å². The van der Waals surface area contributed by atoms with E-state index in [0.29, 0.717) is 12.8 Å². The number of carbonyl (C=O) groups is 2. The summed E-state index contributed by atoms with van der Waals surface area (Å²) in [5, 5.41) is 0. The van der Waals surface area contributed by atoms with Gasteiger partial charge in [-0.2, -0.15) is 16.8 Å². The summed E-state index contributed by atoms with van der Waals surface area (Å²) in [5.41, 5.74) is -1.16. The number of hydrogen-bond donors (Lipinski definition) is 0. The SMILES string of the molecule is CCOC(=O)CCC(C)(C)COS(=O)(=O)CCCS(=O)(=O)OCC(C)(C)CCC(=O)OCC. The molecule has 0 aromatic carbocycles. The molecular formula is C21H40O10S2. The van der Waals surface area contributed by atoms with Crippen LogP contribution in [0, 0.1) is 10.8 Å². The first-order chi connectivity index (χ1) is 15.0. The molecule has 0 N–H and O–H groups in total. The standard InChI is InChI=1S/C21H40O10S2/c1-7-28-18(22)10-12-20(3,4)16-30-32(24,25)14-9-15-33(26,27)31-17-21(5,6)13-11-19(23)29-8-2/h7-17H2,1-6H3. The quantitative estimate of drug-likeness (QED) is 0.197. The number of carbonyl (C=O) groups excluding carboxylic acids is 2. The number of esters is 2. The topological polar surface area (TPSA) is 139 Å². The van der Waals surface area contributed by atoms with Gasteiger partial charge in [-0.25, -0.2) is 0 Å². The van der Waals surface area contributed by atoms with Crippen LogP contribution in [-0.4, -0.2) is 66.7 Å². The summed E-state index contributed by atoms with van der Waals surface area (Å²) >= 11 is 0. The van der Waals surface area contributed by atoms with E-state index in [4.69, 9.17) is 17.8 Å². The van der Waals surface area contributed by atoms with E-state index in [1.54, 1.807) is 41.5 Å². The largest absolute Gasteiger partial charge is 0.466 e. The second-order valence-electron chi connectivity index (χ2n) is 9.34. The van der Waals surface area contributed by atoms with Crippen LogP contribution in [0.2, 0.25) is 0 Å². The molecule has 0 spiro atoms. The Morgan fingerprint density at radius 1 is 0.667 bits per heavy atom. The summed E-state index contributed by atoms with van der Waals surface area (Å²) in [5.74, 6) is -1.67. The fourth-order valence-corrected chi connectivity index (χ4v) is 4.93. The molecule has 12 heteroatoms. The molecule has 0 aromatic rings. The van der Waals surface area contributed by atoms with E-state index in [0.717, 1.165) is 0 Å². The van der Waals surface area contributed by atoms with Gasteiger partial charge in [-0.3, -0.25) is 18.0 Å². The number of rotatable bonds is 18. The molecule has 0 atom stereocenters. The molecule has 0 bridgehead atoms. The Bertz CT molecular complexity index is 746. The minimum absolute atomic E-state index is 0.132. The first-order valence-corrected chi connectivity index (χ1v) is 14.2. The zero-order valence-corrected chi connectivity index (χ0v) is 22.3. The number of ether oxygens (including phenoxy) is 2. The van der Waals surface area contributed by atoms with Gasteiger partial charge in [-0.15, -0.1) is 0 Å². The van der Waals surface area contributed by atoms with Gasteiger partial charge in [0, 0.05) is 12.8 Å². The predicted octanol–water partition coefficient (Wildman–Crippen LogP) is 2.81. The molecule has 0 amide bonds. The van der Waals surface area contributed by atoms with Crippen LogP contribution in [0.4, 0.5) is 0 Å². The number of hydrogen-bond acceptors (Lipinski definition) is 10. The van der Waals surface area contributed by atoms with Crippen LogP contribution in [0.5, 0.6) is 0 Å². The molecule has 0 aliphatic heterocycles. The van der Waals surface area contributed by atoms with Gasteiger partial charge < -0.3 is 9.47 Å². The molecule has 0 saturated heterocycles. The Kier molecular flexibility index (Phi) is 13.7. The highest BCUT2D eigenvalue weighted by Gasteiger charge is 2.26. The maximum Gasteiger partial charge on any atom is 0.305 e. The van der Waals surface area contributed by atoms with E-state index in [2.05, 4.69) is 0 Å². The molecule has 0 aromatic heterocycles. The summed E-state index contributed by atoms with van der Waals surface area (Å²) in [6, 6.07) is 0. The smallest absolute Gasteiger partial charge is 0.305 e. The Labute approximate surface area is 198 Å². The van der Waals surface area contributed by atoms with Crippen molar-refractivity contribution in [3.8, 4) is 0 Å². The first kappa shape index (κ1) is 31.8. The van der Waals surface area contributed by atoms with Gasteiger partial charge in [-0.1, -0.05) is 27.7 Å². The van der Waals surface area contributed by atoms with Crippen molar-refractivity contribution >= 4 is 32.2 Å². The van der Waals surface area contributed by atoms with E-state index in [-0.39, 0.29) is 57.6 Å². The normalized spacial score (nSPS) is 13.0. The Balaban J connectivity index is 4.43. The van der Waals surface area contributed by atoms with Crippen LogP contribution in [-0.2, 0) is 47.7 Å². The second-order valence-corrected chi connectivity index (χ2v) is 12.9. The summed E-state index contributed by atoms with van der Waals surface area (Å²) in [6.45, 7) is 10.8. The van der Waals surface area contributed by atoms with Crippen LogP contribution in [0.3, 0.4) is 0 Å². The second kappa shape index (κ2) is 14.2. The van der Waals surface area contributed by atoms with E-state index in [1.807, 2.05) is 0 Å². The third kappa shape index (κ3) is 16.9. The zero-order valence-electron chi connectivity index (χ0n) is 20.7. The van der Waals surface area contributed by atoms with Crippen molar-refractivity contribution in [1.29, 1.82) is 0 Å². The van der Waals surface area contributed by atoms with Gasteiger partial charge in [-0.05, 0) is 43.9 Å². The first-order valence-electron chi connectivity index (χ1n) is 11.1. The summed E-state index contributed by atoms with van der Waals surface area (Å²) in [4.78, 5) is 22.9. The molecular weight excluding hydrogens is 476 g/mol. The van der Waals surface area contributed by atoms with Gasteiger partial charge >= 0.3 is 11.9 Å². The average molecular weight is 517 g/mol. The summed E-state index contributed by atoms with van der Waals surface area (Å²) < 4.78 is 68.3. The van der Waals surface area contributed by atoms with E-state index < -0.39 is 42.6 Å². The Morgan fingerprint density at radius 3 is 1.30 bits per heavy atom. The molecule has 0 saturated carbocycles. The molecule has 196 valence electrons. The highest BCUT2D eigenvalue weighted by Crippen LogP contribution is 2.25. The molecule has 33 heavy (non-hydrogen) atoms. The lowest BCUT2D eigenvalue weighted by Gasteiger charge is -2.24. The van der Waals surface area contributed by atoms with Crippen molar-refractivity contribution in [2.24, 2.45) is 10.8 Å². The van der Waals surface area contributed by atoms with Crippen LogP contribution in [0.1, 0.15) is 73.6 Å². The van der Waals surface area contributed by atoms with Gasteiger partial charge in [0.15, 0.2) is 0 Å². The average Bonchev–Trinajstić information content (AvgIpc) is 2.69. The van der Waals surface area contributed by atoms with Crippen molar-refractivity contribution < 1.29 is 44.3 Å². The maximum atomic E-state index is 12.1. The van der Waals surface area contributed by atoms with Gasteiger partial charge in [0.2, 0.25) is 0 Å². The molecule has 0 unspecified atom stereocenters. The lowest BCUT2D eigenvalue weighted by Crippen LogP contribution is -2.26. The molecule has 0 aliphatic carbocycles. The highest BCUT2D eigenvalue weighted by molar-refractivity contribution is 7.87. The van der Waals surface area contributed by atoms with Crippen LogP contribution >= 0.6 is 0 Å². The van der Waals surface area contributed by atoms with Crippen LogP contribution in [0.15, 0.2) is 0 Å². The Morgan fingerprint density at radius 2 is 1.00 bits per heavy atom. The van der Waals surface area contributed by atoms with E-state index in [9.17, 15) is 26.4 Å². The van der Waals surface area contributed by atoms with Crippen molar-refractivity contribution in [3.05, 3.63) is 0 Å². The lowest BCUT2D eigenvalue weighted by atomic mass is 9.89. The highest BCUT2D eigenvalue weighted by atomic mass is 32.2. The summed E-state index contributed by atoms with van der Waals surface area (Å²) in [6.07, 6.45) is 0.883. The van der Waals surface area contributed by atoms with Gasteiger partial charge in [0.05, 0.1) is 37.9 Å². The lowest BCUT2D eigenvalue weighted by molar-refractivity contribution is -0.144. The Hall–Kier alpha value is -1.24. The molecule has 0 rings (SSSR count). The molecule has 0 heterocycles. The molecule has 0 fully saturated rings. The van der Waals surface area contributed by atoms with Gasteiger partial charge in [0.25, 0.3) is 20.2 Å². The molecule has 0 radical (unpaired) electrons. The summed E-state index contributed by atoms with van der Waals surface area (Å²) in [7, 11) is -7.88. The minimum atomic E-state index is -3.94. The van der Waals surface area contributed by atoms with Crippen molar-refractivity contribution in [2.75, 3.05) is 37.9 Å². The van der Waals surface area contributed by atoms with E-state index >= 15 is 0 Å². The fourth-order valence-electron chi connectivity index (χ4n) is 2.52. The molecule has 0 aliphatic rings. The monoisotopic (exact) mass is 516 g/mol. The minimum Gasteiger partial charge on any atom is -0.466 e. The third-order valence-corrected chi connectivity index (χ3v) is 7.20. The maximum absolute atomic E-state index is 12.1. The molecule has 10 nitrogen and oxygen atoms in total. The van der Waals surface area contributed by atoms with Crippen molar-refractivity contribution in [2.45, 2.75) is 73.6 Å². The van der Waals surface area contributed by atoms with Crippen LogP contribution < -0.4 is 0 Å². The fraction of sp³-hybridized carbons (Fsp3) is 0.905. The van der Waals surface area contributed by atoms with E-state index in [1.165, 1.54) is 0 Å². The zero-order chi connectivity index (χ0) is 25.8. The van der Waals surface area contributed by atoms with Crippen LogP contribution in [0.25, 0.3) is 0 Å². The predicted molar refractivity (Wildman–Crippen MR) is 123 cm³/mol. The third-order valence-electron chi connectivity index (χ3n) is 4.67.